The number of aliphatic carboxylic acids is 1. The Balaban J connectivity index is 5.44. The van der Waals surface area contributed by atoms with Gasteiger partial charge in [0.2, 0.25) is 23.6 Å². The van der Waals surface area contributed by atoms with Crippen LogP contribution in [0.3, 0.4) is 0 Å². The summed E-state index contributed by atoms with van der Waals surface area (Å²) in [5.74, 6) is -4.78. The van der Waals surface area contributed by atoms with Gasteiger partial charge >= 0.3 is 5.97 Å². The molecule has 0 rings (SSSR count). The van der Waals surface area contributed by atoms with E-state index < -0.39 is 60.4 Å². The molecule has 0 aromatic rings. The summed E-state index contributed by atoms with van der Waals surface area (Å²) in [6.45, 7) is 0.938. The van der Waals surface area contributed by atoms with Crippen LogP contribution in [0.15, 0.2) is 4.99 Å². The molecule has 13 N–H and O–H groups in total. The summed E-state index contributed by atoms with van der Waals surface area (Å²) in [5.41, 5.74) is 20.8. The van der Waals surface area contributed by atoms with Crippen LogP contribution in [-0.4, -0.2) is 83.1 Å². The Kier molecular flexibility index (Phi) is 13.0. The van der Waals surface area contributed by atoms with Crippen molar-refractivity contribution in [3.63, 3.8) is 0 Å². The molecular formula is C17H32N8O7. The summed E-state index contributed by atoms with van der Waals surface area (Å²) in [6, 6.07) is -4.13. The number of primary amides is 1. The third kappa shape index (κ3) is 11.7. The first kappa shape index (κ1) is 28.5. The highest BCUT2D eigenvalue weighted by molar-refractivity contribution is 5.94. The van der Waals surface area contributed by atoms with Gasteiger partial charge in [0.25, 0.3) is 0 Å². The lowest BCUT2D eigenvalue weighted by molar-refractivity contribution is -0.145. The van der Waals surface area contributed by atoms with Crippen molar-refractivity contribution in [3.05, 3.63) is 0 Å². The fourth-order valence-corrected chi connectivity index (χ4v) is 2.50. The third-order valence-electron chi connectivity index (χ3n) is 4.14. The van der Waals surface area contributed by atoms with E-state index in [1.807, 2.05) is 0 Å². The van der Waals surface area contributed by atoms with Crippen molar-refractivity contribution in [2.45, 2.75) is 56.8 Å². The minimum atomic E-state index is -1.65. The maximum absolute atomic E-state index is 12.7. The van der Waals surface area contributed by atoms with E-state index in [9.17, 15) is 29.1 Å². The second kappa shape index (κ2) is 14.5. The Morgan fingerprint density at radius 3 is 1.97 bits per heavy atom. The number of hydrogen-bond donors (Lipinski definition) is 9. The zero-order valence-corrected chi connectivity index (χ0v) is 17.7. The average molecular weight is 460 g/mol. The molecule has 0 aromatic carbocycles. The molecule has 0 saturated heterocycles. The molecule has 15 nitrogen and oxygen atoms in total. The van der Waals surface area contributed by atoms with E-state index in [2.05, 4.69) is 20.9 Å². The van der Waals surface area contributed by atoms with Gasteiger partial charge in [0.1, 0.15) is 12.1 Å². The number of amides is 4. The van der Waals surface area contributed by atoms with Crippen molar-refractivity contribution < 1.29 is 34.2 Å². The number of carbonyl (C=O) groups excluding carboxylic acids is 4. The van der Waals surface area contributed by atoms with Crippen molar-refractivity contribution in [2.24, 2.45) is 27.9 Å². The molecule has 0 radical (unpaired) electrons. The molecule has 0 aliphatic heterocycles. The molecular weight excluding hydrogens is 428 g/mol. The monoisotopic (exact) mass is 460 g/mol. The smallest absolute Gasteiger partial charge is 0.328 e. The number of carboxylic acid groups (broad SMARTS) is 1. The summed E-state index contributed by atoms with van der Waals surface area (Å²) < 4.78 is 0. The quantitative estimate of drug-likeness (QED) is 0.0638. The number of hydrogen-bond acceptors (Lipinski definition) is 8. The van der Waals surface area contributed by atoms with Crippen LogP contribution in [0.25, 0.3) is 0 Å². The van der Waals surface area contributed by atoms with Crippen LogP contribution in [0.4, 0.5) is 0 Å². The molecule has 4 unspecified atom stereocenters. The topological polar surface area (TPSA) is 278 Å². The summed E-state index contributed by atoms with van der Waals surface area (Å²) in [4.78, 5) is 63.1. The molecule has 182 valence electrons. The Hall–Kier alpha value is -3.46. The first-order valence-electron chi connectivity index (χ1n) is 9.73. The number of nitrogens with one attached hydrogen (secondary N) is 3. The van der Waals surface area contributed by atoms with E-state index in [0.29, 0.717) is 6.42 Å². The molecule has 0 aliphatic rings. The van der Waals surface area contributed by atoms with Gasteiger partial charge < -0.3 is 49.1 Å². The first-order chi connectivity index (χ1) is 14.9. The number of nitrogens with zero attached hydrogens (tertiary/aromatic N) is 1. The van der Waals surface area contributed by atoms with Crippen molar-refractivity contribution >= 4 is 35.6 Å². The van der Waals surface area contributed by atoms with Crippen molar-refractivity contribution in [3.8, 4) is 0 Å². The lowest BCUT2D eigenvalue weighted by Crippen LogP contribution is -2.57. The molecule has 0 spiro atoms. The number of carboxylic acids is 1. The standard InChI is InChI=1S/C17H32N8O7/c1-8(26)13(16(31)32)25-15(30)10(4-5-11(19)27)24-14(29)9(23-12(28)7-18)3-2-6-22-17(20)21/h8-10,13,26H,2-7,18H2,1H3,(H2,19,27)(H,23,28)(H,24,29)(H,25,30)(H,31,32)(H4,20,21,22). The third-order valence-corrected chi connectivity index (χ3v) is 4.14. The highest BCUT2D eigenvalue weighted by Gasteiger charge is 2.31. The zero-order valence-electron chi connectivity index (χ0n) is 17.7. The van der Waals surface area contributed by atoms with E-state index in [1.165, 1.54) is 0 Å². The van der Waals surface area contributed by atoms with Gasteiger partial charge in [-0.05, 0) is 26.2 Å². The second-order valence-corrected chi connectivity index (χ2v) is 6.90. The number of aliphatic hydroxyl groups excluding tert-OH is 1. The molecule has 0 fully saturated rings. The number of aliphatic imine (C=N–C) groups is 1. The van der Waals surface area contributed by atoms with Gasteiger partial charge in [0.15, 0.2) is 12.0 Å². The van der Waals surface area contributed by atoms with Gasteiger partial charge in [-0.2, -0.15) is 0 Å². The number of aliphatic hydroxyl groups is 1. The van der Waals surface area contributed by atoms with Crippen LogP contribution < -0.4 is 38.9 Å². The van der Waals surface area contributed by atoms with Gasteiger partial charge in [-0.15, -0.1) is 0 Å². The van der Waals surface area contributed by atoms with Crippen LogP contribution in [0.1, 0.15) is 32.6 Å². The molecule has 0 bridgehead atoms. The van der Waals surface area contributed by atoms with E-state index in [4.69, 9.17) is 28.0 Å². The fourth-order valence-electron chi connectivity index (χ4n) is 2.50. The summed E-state index contributed by atoms with van der Waals surface area (Å²) >= 11 is 0. The minimum absolute atomic E-state index is 0.0872. The SMILES string of the molecule is CC(O)C(NC(=O)C(CCC(N)=O)NC(=O)C(CCCN=C(N)N)NC(=O)CN)C(=O)O. The number of nitrogens with two attached hydrogens (primary N) is 4. The van der Waals surface area contributed by atoms with Crippen LogP contribution in [0, 0.1) is 0 Å². The second-order valence-electron chi connectivity index (χ2n) is 6.90. The molecule has 15 heteroatoms. The van der Waals surface area contributed by atoms with E-state index in [0.717, 1.165) is 6.92 Å². The van der Waals surface area contributed by atoms with E-state index in [1.54, 1.807) is 0 Å². The highest BCUT2D eigenvalue weighted by Crippen LogP contribution is 2.04. The van der Waals surface area contributed by atoms with Gasteiger partial charge in [0, 0.05) is 13.0 Å². The molecule has 0 saturated carbocycles. The van der Waals surface area contributed by atoms with Crippen LogP contribution in [0.2, 0.25) is 0 Å². The minimum Gasteiger partial charge on any atom is -0.480 e. The summed E-state index contributed by atoms with van der Waals surface area (Å²) in [6.07, 6.45) is -1.60. The Morgan fingerprint density at radius 1 is 0.938 bits per heavy atom. The molecule has 0 aromatic heterocycles. The van der Waals surface area contributed by atoms with Crippen molar-refractivity contribution in [1.82, 2.24) is 16.0 Å². The first-order valence-corrected chi connectivity index (χ1v) is 9.73. The maximum atomic E-state index is 12.7. The Labute approximate surface area is 184 Å². The van der Waals surface area contributed by atoms with Gasteiger partial charge in [-0.1, -0.05) is 0 Å². The molecule has 0 aliphatic carbocycles. The largest absolute Gasteiger partial charge is 0.480 e. The Morgan fingerprint density at radius 2 is 1.50 bits per heavy atom. The van der Waals surface area contributed by atoms with Crippen molar-refractivity contribution in [2.75, 3.05) is 13.1 Å². The number of rotatable bonds is 15. The van der Waals surface area contributed by atoms with Gasteiger partial charge in [-0.3, -0.25) is 24.2 Å². The summed E-state index contributed by atoms with van der Waals surface area (Å²) in [5, 5.41) is 25.5. The molecule has 4 amide bonds. The Bertz CT molecular complexity index is 709. The van der Waals surface area contributed by atoms with Crippen molar-refractivity contribution in [1.29, 1.82) is 0 Å². The predicted molar refractivity (Wildman–Crippen MR) is 113 cm³/mol. The van der Waals surface area contributed by atoms with Gasteiger partial charge in [0.05, 0.1) is 12.6 Å². The molecule has 0 heterocycles. The van der Waals surface area contributed by atoms with E-state index in [-0.39, 0.29) is 31.8 Å². The van der Waals surface area contributed by atoms with Crippen LogP contribution >= 0.6 is 0 Å². The number of carbonyl (C=O) groups is 5. The normalized spacial score (nSPS) is 14.2. The fraction of sp³-hybridized carbons (Fsp3) is 0.647. The van der Waals surface area contributed by atoms with E-state index >= 15 is 0 Å². The van der Waals surface area contributed by atoms with Gasteiger partial charge in [-0.25, -0.2) is 4.79 Å². The zero-order chi connectivity index (χ0) is 24.8. The molecule has 4 atom stereocenters. The maximum Gasteiger partial charge on any atom is 0.328 e. The van der Waals surface area contributed by atoms with Crippen LogP contribution in [-0.2, 0) is 24.0 Å². The molecule has 32 heavy (non-hydrogen) atoms. The number of guanidine groups is 1. The van der Waals surface area contributed by atoms with Crippen LogP contribution in [0.5, 0.6) is 0 Å². The summed E-state index contributed by atoms with van der Waals surface area (Å²) in [7, 11) is 0. The predicted octanol–water partition coefficient (Wildman–Crippen LogP) is -4.82. The average Bonchev–Trinajstić information content (AvgIpc) is 2.69. The highest BCUT2D eigenvalue weighted by atomic mass is 16.4. The lowest BCUT2D eigenvalue weighted by Gasteiger charge is -2.25. The lowest BCUT2D eigenvalue weighted by atomic mass is 10.1.